The summed E-state index contributed by atoms with van der Waals surface area (Å²) in [6.45, 7) is 2.10. The van der Waals surface area contributed by atoms with Gasteiger partial charge in [-0.05, 0) is 25.3 Å². The normalized spacial score (nSPS) is 12.2. The molecule has 3 heteroatoms. The lowest BCUT2D eigenvalue weighted by atomic mass is 10.3. The minimum atomic E-state index is 0.371. The maximum Gasteiger partial charge on any atom is 0.0926 e. The van der Waals surface area contributed by atoms with Crippen LogP contribution in [0.4, 0.5) is 5.69 Å². The van der Waals surface area contributed by atoms with E-state index in [1.807, 2.05) is 30.3 Å². The van der Waals surface area contributed by atoms with Crippen molar-refractivity contribution in [2.24, 2.45) is 0 Å². The van der Waals surface area contributed by atoms with Gasteiger partial charge in [-0.2, -0.15) is 11.8 Å². The zero-order chi connectivity index (χ0) is 9.68. The van der Waals surface area contributed by atoms with Crippen LogP contribution in [0.25, 0.3) is 0 Å². The lowest BCUT2D eigenvalue weighted by molar-refractivity contribution is 1.33. The third-order valence-corrected chi connectivity index (χ3v) is 3.31. The molecule has 0 aliphatic carbocycles. The standard InChI is InChI=1S/C10H13NS2/c1-8(13-2)10(12)11-9-6-4-3-5-7-9/h3-8H,1-2H3,(H,11,12). The second kappa shape index (κ2) is 5.25. The van der Waals surface area contributed by atoms with Crippen molar-refractivity contribution in [3.8, 4) is 0 Å². The van der Waals surface area contributed by atoms with Crippen LogP contribution in [0.15, 0.2) is 30.3 Å². The molecule has 1 aromatic rings. The molecule has 0 saturated heterocycles. The highest BCUT2D eigenvalue weighted by Gasteiger charge is 2.05. The van der Waals surface area contributed by atoms with E-state index < -0.39 is 0 Å². The largest absolute Gasteiger partial charge is 0.349 e. The molecular weight excluding hydrogens is 198 g/mol. The van der Waals surface area contributed by atoms with Crippen molar-refractivity contribution >= 4 is 34.7 Å². The number of hydrogen-bond acceptors (Lipinski definition) is 2. The molecule has 0 bridgehead atoms. The molecule has 0 spiro atoms. The van der Waals surface area contributed by atoms with E-state index >= 15 is 0 Å². The minimum Gasteiger partial charge on any atom is -0.349 e. The van der Waals surface area contributed by atoms with Gasteiger partial charge in [-0.1, -0.05) is 30.4 Å². The van der Waals surface area contributed by atoms with Gasteiger partial charge >= 0.3 is 0 Å². The molecule has 0 aliphatic heterocycles. The summed E-state index contributed by atoms with van der Waals surface area (Å²) in [7, 11) is 0. The first-order valence-corrected chi connectivity index (χ1v) is 5.82. The molecule has 1 nitrogen and oxygen atoms in total. The molecule has 0 amide bonds. The first-order valence-electron chi connectivity index (χ1n) is 4.12. The Morgan fingerprint density at radius 1 is 1.38 bits per heavy atom. The van der Waals surface area contributed by atoms with Crippen molar-refractivity contribution < 1.29 is 0 Å². The van der Waals surface area contributed by atoms with E-state index in [0.29, 0.717) is 5.25 Å². The molecule has 13 heavy (non-hydrogen) atoms. The summed E-state index contributed by atoms with van der Waals surface area (Å²) in [5.74, 6) is 0. The summed E-state index contributed by atoms with van der Waals surface area (Å²) in [5, 5.41) is 3.57. The third kappa shape index (κ3) is 3.36. The molecule has 1 unspecified atom stereocenters. The van der Waals surface area contributed by atoms with Crippen molar-refractivity contribution in [3.05, 3.63) is 30.3 Å². The molecule has 1 aromatic carbocycles. The van der Waals surface area contributed by atoms with Gasteiger partial charge in [0.1, 0.15) is 0 Å². The number of benzene rings is 1. The van der Waals surface area contributed by atoms with Crippen molar-refractivity contribution in [3.63, 3.8) is 0 Å². The van der Waals surface area contributed by atoms with Gasteiger partial charge in [-0.15, -0.1) is 0 Å². The van der Waals surface area contributed by atoms with Crippen LogP contribution < -0.4 is 5.32 Å². The number of hydrogen-bond donors (Lipinski definition) is 1. The van der Waals surface area contributed by atoms with Crippen molar-refractivity contribution in [1.82, 2.24) is 0 Å². The van der Waals surface area contributed by atoms with Gasteiger partial charge in [-0.3, -0.25) is 0 Å². The summed E-state index contributed by atoms with van der Waals surface area (Å²) >= 11 is 6.97. The Labute approximate surface area is 88.9 Å². The number of anilines is 1. The maximum atomic E-state index is 5.23. The van der Waals surface area contributed by atoms with Crippen LogP contribution in [0.3, 0.4) is 0 Å². The SMILES string of the molecule is CSC(C)C(=S)Nc1ccccc1. The number of thioether (sulfide) groups is 1. The Morgan fingerprint density at radius 3 is 2.54 bits per heavy atom. The van der Waals surface area contributed by atoms with E-state index in [-0.39, 0.29) is 0 Å². The summed E-state index contributed by atoms with van der Waals surface area (Å²) in [5.41, 5.74) is 1.06. The Kier molecular flexibility index (Phi) is 4.25. The molecular formula is C10H13NS2. The molecule has 0 saturated carbocycles. The molecule has 1 N–H and O–H groups in total. The van der Waals surface area contributed by atoms with E-state index in [1.165, 1.54) is 0 Å². The van der Waals surface area contributed by atoms with E-state index in [1.54, 1.807) is 11.8 Å². The smallest absolute Gasteiger partial charge is 0.0926 e. The van der Waals surface area contributed by atoms with E-state index in [4.69, 9.17) is 12.2 Å². The van der Waals surface area contributed by atoms with Crippen molar-refractivity contribution in [1.29, 1.82) is 0 Å². The second-order valence-corrected chi connectivity index (χ2v) is 4.35. The average molecular weight is 211 g/mol. The number of thiocarbonyl (C=S) groups is 1. The number of nitrogens with one attached hydrogen (secondary N) is 1. The summed E-state index contributed by atoms with van der Waals surface area (Å²) in [6, 6.07) is 10.0. The highest BCUT2D eigenvalue weighted by atomic mass is 32.2. The fourth-order valence-corrected chi connectivity index (χ4v) is 1.55. The zero-order valence-corrected chi connectivity index (χ0v) is 9.41. The second-order valence-electron chi connectivity index (χ2n) is 2.73. The Bertz CT molecular complexity index is 272. The first-order chi connectivity index (χ1) is 6.24. The molecule has 0 heterocycles. The number of para-hydroxylation sites is 1. The van der Waals surface area contributed by atoms with Crippen molar-refractivity contribution in [2.45, 2.75) is 12.2 Å². The Hall–Kier alpha value is -0.540. The highest BCUT2D eigenvalue weighted by molar-refractivity contribution is 8.01. The van der Waals surface area contributed by atoms with Crippen LogP contribution in [0.2, 0.25) is 0 Å². The van der Waals surface area contributed by atoms with Gasteiger partial charge in [0.2, 0.25) is 0 Å². The monoisotopic (exact) mass is 211 g/mol. The van der Waals surface area contributed by atoms with Gasteiger partial charge in [0.15, 0.2) is 0 Å². The fourth-order valence-electron chi connectivity index (χ4n) is 0.872. The van der Waals surface area contributed by atoms with Crippen LogP contribution in [0.1, 0.15) is 6.92 Å². The van der Waals surface area contributed by atoms with E-state index in [9.17, 15) is 0 Å². The quantitative estimate of drug-likeness (QED) is 0.771. The van der Waals surface area contributed by atoms with Gasteiger partial charge in [0.05, 0.1) is 10.2 Å². The van der Waals surface area contributed by atoms with Crippen LogP contribution >= 0.6 is 24.0 Å². The Balaban J connectivity index is 2.55. The maximum absolute atomic E-state index is 5.23. The van der Waals surface area contributed by atoms with Gasteiger partial charge < -0.3 is 5.32 Å². The molecule has 1 rings (SSSR count). The summed E-state index contributed by atoms with van der Waals surface area (Å²) < 4.78 is 0. The van der Waals surface area contributed by atoms with Crippen molar-refractivity contribution in [2.75, 3.05) is 11.6 Å². The Morgan fingerprint density at radius 2 is 2.00 bits per heavy atom. The average Bonchev–Trinajstić information content (AvgIpc) is 2.18. The molecule has 1 atom stereocenters. The van der Waals surface area contributed by atoms with E-state index in [2.05, 4.69) is 18.5 Å². The first kappa shape index (κ1) is 10.5. The van der Waals surface area contributed by atoms with Gasteiger partial charge in [0.25, 0.3) is 0 Å². The highest BCUT2D eigenvalue weighted by Crippen LogP contribution is 2.11. The lowest BCUT2D eigenvalue weighted by Gasteiger charge is -2.12. The summed E-state index contributed by atoms with van der Waals surface area (Å²) in [6.07, 6.45) is 2.06. The van der Waals surface area contributed by atoms with Crippen LogP contribution in [-0.4, -0.2) is 16.5 Å². The lowest BCUT2D eigenvalue weighted by Crippen LogP contribution is -2.19. The molecule has 0 aromatic heterocycles. The minimum absolute atomic E-state index is 0.371. The van der Waals surface area contributed by atoms with E-state index in [0.717, 1.165) is 10.7 Å². The van der Waals surface area contributed by atoms with Crippen LogP contribution in [0, 0.1) is 0 Å². The third-order valence-electron chi connectivity index (χ3n) is 1.76. The van der Waals surface area contributed by atoms with Gasteiger partial charge in [0, 0.05) is 5.69 Å². The molecule has 0 fully saturated rings. The predicted octanol–water partition coefficient (Wildman–Crippen LogP) is 3.18. The van der Waals surface area contributed by atoms with Crippen LogP contribution in [0.5, 0.6) is 0 Å². The zero-order valence-electron chi connectivity index (χ0n) is 7.78. The van der Waals surface area contributed by atoms with Crippen LogP contribution in [-0.2, 0) is 0 Å². The van der Waals surface area contributed by atoms with Gasteiger partial charge in [-0.25, -0.2) is 0 Å². The fraction of sp³-hybridized carbons (Fsp3) is 0.300. The topological polar surface area (TPSA) is 12.0 Å². The molecule has 0 radical (unpaired) electrons. The molecule has 0 aliphatic rings. The predicted molar refractivity (Wildman–Crippen MR) is 65.6 cm³/mol. The number of rotatable bonds is 3. The molecule has 70 valence electrons. The summed E-state index contributed by atoms with van der Waals surface area (Å²) in [4.78, 5) is 0.888.